The van der Waals surface area contributed by atoms with Crippen LogP contribution in [0.3, 0.4) is 0 Å². The molecular weight excluding hydrogens is 634 g/mol. The van der Waals surface area contributed by atoms with Gasteiger partial charge in [-0.25, -0.2) is 0 Å². The maximum absolute atomic E-state index is 15.6. The van der Waals surface area contributed by atoms with Crippen molar-refractivity contribution in [1.29, 1.82) is 0 Å². The van der Waals surface area contributed by atoms with Crippen molar-refractivity contribution in [2.75, 3.05) is 26.7 Å². The molecule has 4 aromatic carbocycles. The Balaban J connectivity index is 1.47. The van der Waals surface area contributed by atoms with E-state index in [1.165, 1.54) is 0 Å². The van der Waals surface area contributed by atoms with Gasteiger partial charge in [0.2, 0.25) is 0 Å². The lowest BCUT2D eigenvalue weighted by molar-refractivity contribution is -0.134. The van der Waals surface area contributed by atoms with E-state index < -0.39 is 11.0 Å². The number of hydrogen-bond donors (Lipinski definition) is 0. The lowest BCUT2D eigenvalue weighted by Gasteiger charge is -2.52. The van der Waals surface area contributed by atoms with Gasteiger partial charge < -0.3 is 4.90 Å². The molecule has 4 aliphatic rings. The highest BCUT2D eigenvalue weighted by molar-refractivity contribution is 6.36. The molecule has 3 saturated heterocycles. The van der Waals surface area contributed by atoms with Gasteiger partial charge in [0.1, 0.15) is 5.54 Å². The number of nitrogens with zero attached hydrogens (tertiary/aromatic N) is 2. The number of likely N-dealkylation sites (tertiary alicyclic amines) is 1. The fraction of sp³-hybridized carbons (Fsp3) is 0.278. The van der Waals surface area contributed by atoms with Crippen molar-refractivity contribution >= 4 is 74.8 Å². The highest BCUT2D eigenvalue weighted by atomic mass is 35.5. The van der Waals surface area contributed by atoms with Gasteiger partial charge >= 0.3 is 0 Å². The van der Waals surface area contributed by atoms with E-state index in [1.807, 2.05) is 61.7 Å². The van der Waals surface area contributed by atoms with Gasteiger partial charge in [-0.2, -0.15) is 0 Å². The molecular formula is C36H28Cl4N2O2. The van der Waals surface area contributed by atoms with Crippen molar-refractivity contribution in [3.05, 3.63) is 121 Å². The third-order valence-corrected chi connectivity index (χ3v) is 11.5. The maximum atomic E-state index is 15.6. The third-order valence-electron chi connectivity index (χ3n) is 10.4. The van der Waals surface area contributed by atoms with Crippen molar-refractivity contribution < 1.29 is 9.59 Å². The maximum Gasteiger partial charge on any atom is 0.189 e. The number of ketones is 2. The molecule has 0 aromatic heterocycles. The average Bonchev–Trinajstić information content (AvgIpc) is 3.62. The van der Waals surface area contributed by atoms with Crippen LogP contribution in [-0.4, -0.2) is 54.1 Å². The van der Waals surface area contributed by atoms with Crippen LogP contribution in [0.5, 0.6) is 0 Å². The van der Waals surface area contributed by atoms with Crippen LogP contribution < -0.4 is 0 Å². The fourth-order valence-corrected chi connectivity index (χ4v) is 10.1. The molecule has 4 aromatic rings. The Morgan fingerprint density at radius 3 is 2.34 bits per heavy atom. The van der Waals surface area contributed by atoms with E-state index in [0.29, 0.717) is 56.4 Å². The Hall–Kier alpha value is -2.70. The molecule has 0 N–H and O–H groups in total. The van der Waals surface area contributed by atoms with Crippen molar-refractivity contribution in [1.82, 2.24) is 9.80 Å². The topological polar surface area (TPSA) is 40.6 Å². The molecule has 0 bridgehead atoms. The summed E-state index contributed by atoms with van der Waals surface area (Å²) in [6, 6.07) is 22.8. The number of carbonyl (C=O) groups is 2. The molecule has 8 rings (SSSR count). The predicted molar refractivity (Wildman–Crippen MR) is 178 cm³/mol. The molecule has 3 aliphatic heterocycles. The van der Waals surface area contributed by atoms with Gasteiger partial charge in [0.05, 0.1) is 5.41 Å². The Bertz CT molecular complexity index is 1950. The summed E-state index contributed by atoms with van der Waals surface area (Å²) in [5.41, 5.74) is 1.38. The van der Waals surface area contributed by atoms with Crippen LogP contribution in [0.4, 0.5) is 0 Å². The molecule has 44 heavy (non-hydrogen) atoms. The Kier molecular flexibility index (Phi) is 6.63. The van der Waals surface area contributed by atoms with Crippen LogP contribution in [0.25, 0.3) is 16.8 Å². The van der Waals surface area contributed by atoms with Crippen LogP contribution in [0.2, 0.25) is 20.1 Å². The van der Waals surface area contributed by atoms with Gasteiger partial charge in [-0.3, -0.25) is 14.5 Å². The molecule has 0 saturated carbocycles. The van der Waals surface area contributed by atoms with E-state index in [9.17, 15) is 0 Å². The quantitative estimate of drug-likeness (QED) is 0.202. The Morgan fingerprint density at radius 1 is 0.864 bits per heavy atom. The normalized spacial score (nSPS) is 29.2. The Labute approximate surface area is 276 Å². The molecule has 1 aliphatic carbocycles. The number of hydrogen-bond acceptors (Lipinski definition) is 4. The van der Waals surface area contributed by atoms with Gasteiger partial charge in [0.15, 0.2) is 11.6 Å². The van der Waals surface area contributed by atoms with E-state index in [2.05, 4.69) is 15.9 Å². The number of benzene rings is 4. The average molecular weight is 662 g/mol. The summed E-state index contributed by atoms with van der Waals surface area (Å²) in [7, 11) is 2.02. The lowest BCUT2D eigenvalue weighted by Crippen LogP contribution is -2.65. The summed E-state index contributed by atoms with van der Waals surface area (Å²) in [4.78, 5) is 35.5. The van der Waals surface area contributed by atoms with Gasteiger partial charge in [0, 0.05) is 56.3 Å². The first-order chi connectivity index (χ1) is 21.2. The molecule has 0 amide bonds. The molecule has 0 radical (unpaired) electrons. The number of likely N-dealkylation sites (N-methyl/N-ethyl adjacent to an activating group) is 1. The Morgan fingerprint density at radius 2 is 1.59 bits per heavy atom. The standard InChI is InChI=1S/C36H28Cl4N2O2/c1-41-18-22(15-21-10-11-23(37)16-28(21)39)33(43)35(19-41)32(25-13-12-24(38)17-29(25)40)30-9-4-14-42(30)36(35)27-8-3-6-20-5-2-7-26(31(20)27)34(36)44/h2-3,5-8,10-13,15-17,30,32H,4,9,14,18-19H2,1H3/b22-15+/t30-,32+,35+,36+/m1/s1. The van der Waals surface area contributed by atoms with Crippen LogP contribution in [-0.2, 0) is 10.3 Å². The summed E-state index contributed by atoms with van der Waals surface area (Å²) in [5, 5.41) is 3.98. The largest absolute Gasteiger partial charge is 0.301 e. The molecule has 222 valence electrons. The third kappa shape index (κ3) is 3.67. The molecule has 4 nitrogen and oxygen atoms in total. The minimum absolute atomic E-state index is 0.00342. The van der Waals surface area contributed by atoms with E-state index in [0.717, 1.165) is 34.7 Å². The zero-order chi connectivity index (χ0) is 30.5. The predicted octanol–water partition coefficient (Wildman–Crippen LogP) is 8.69. The summed E-state index contributed by atoms with van der Waals surface area (Å²) < 4.78 is 0. The van der Waals surface area contributed by atoms with E-state index in [1.54, 1.807) is 18.2 Å². The first kappa shape index (κ1) is 28.8. The van der Waals surface area contributed by atoms with Crippen molar-refractivity contribution in [3.8, 4) is 0 Å². The van der Waals surface area contributed by atoms with Crippen LogP contribution in [0.15, 0.2) is 78.4 Å². The summed E-state index contributed by atoms with van der Waals surface area (Å²) in [6.07, 6.45) is 3.66. The van der Waals surface area contributed by atoms with Gasteiger partial charge in [0.25, 0.3) is 0 Å². The van der Waals surface area contributed by atoms with Crippen LogP contribution in [0, 0.1) is 5.41 Å². The molecule has 3 heterocycles. The summed E-state index contributed by atoms with van der Waals surface area (Å²) in [6.45, 7) is 1.53. The smallest absolute Gasteiger partial charge is 0.189 e. The van der Waals surface area contributed by atoms with E-state index in [-0.39, 0.29) is 23.5 Å². The number of Topliss-reactive ketones (excluding diaryl/α,β-unsaturated/α-hetero) is 2. The second kappa shape index (κ2) is 10.2. The van der Waals surface area contributed by atoms with Crippen molar-refractivity contribution in [2.45, 2.75) is 30.3 Å². The number of rotatable bonds is 2. The zero-order valence-electron chi connectivity index (χ0n) is 23.9. The number of halogens is 4. The monoisotopic (exact) mass is 660 g/mol. The molecule has 4 atom stereocenters. The van der Waals surface area contributed by atoms with Gasteiger partial charge in [-0.15, -0.1) is 0 Å². The van der Waals surface area contributed by atoms with E-state index >= 15 is 9.59 Å². The molecule has 2 spiro atoms. The first-order valence-electron chi connectivity index (χ1n) is 14.9. The van der Waals surface area contributed by atoms with Gasteiger partial charge in [-0.05, 0) is 84.2 Å². The minimum Gasteiger partial charge on any atom is -0.301 e. The first-order valence-corrected chi connectivity index (χ1v) is 16.4. The molecule has 3 fully saturated rings. The van der Waals surface area contributed by atoms with E-state index in [4.69, 9.17) is 46.4 Å². The molecule has 8 heteroatoms. The SMILES string of the molecule is CN1C/C(=C\c2ccc(Cl)cc2Cl)C(=O)[C@]2(C1)[C@@H](c1ccc(Cl)cc1Cl)[C@H]1CCCN1[C@@]21C(=O)c2cccc3cccc1c23. The number of fused-ring (bicyclic) bond motifs is 4. The second-order valence-corrected chi connectivity index (χ2v) is 14.3. The van der Waals surface area contributed by atoms with Crippen molar-refractivity contribution in [3.63, 3.8) is 0 Å². The van der Waals surface area contributed by atoms with Gasteiger partial charge in [-0.1, -0.05) is 94.9 Å². The lowest BCUT2D eigenvalue weighted by atomic mass is 9.54. The fourth-order valence-electron chi connectivity index (χ4n) is 9.11. The molecule has 0 unspecified atom stereocenters. The minimum atomic E-state index is -1.21. The summed E-state index contributed by atoms with van der Waals surface area (Å²) in [5.74, 6) is -0.399. The number of piperidine rings is 1. The number of carbonyl (C=O) groups excluding carboxylic acids is 2. The second-order valence-electron chi connectivity index (χ2n) is 12.6. The summed E-state index contributed by atoms with van der Waals surface area (Å²) >= 11 is 26.3. The van der Waals surface area contributed by atoms with Crippen LogP contribution >= 0.6 is 46.4 Å². The highest BCUT2D eigenvalue weighted by Gasteiger charge is 2.78. The zero-order valence-corrected chi connectivity index (χ0v) is 26.9. The van der Waals surface area contributed by atoms with Crippen molar-refractivity contribution in [2.24, 2.45) is 5.41 Å². The highest BCUT2D eigenvalue weighted by Crippen LogP contribution is 2.70. The van der Waals surface area contributed by atoms with Crippen LogP contribution in [0.1, 0.15) is 45.8 Å².